The van der Waals surface area contributed by atoms with Crippen LogP contribution in [0.4, 0.5) is 0 Å². The molecule has 0 unspecified atom stereocenters. The monoisotopic (exact) mass is 461 g/mol. The van der Waals surface area contributed by atoms with E-state index in [1.807, 2.05) is 36.4 Å². The molecule has 2 bridgehead atoms. The predicted molar refractivity (Wildman–Crippen MR) is 132 cm³/mol. The minimum absolute atomic E-state index is 0.0417. The highest BCUT2D eigenvalue weighted by Crippen LogP contribution is 2.64. The molecule has 5 heteroatoms. The molecule has 2 aromatic carbocycles. The topological polar surface area (TPSA) is 59.4 Å². The fourth-order valence-electron chi connectivity index (χ4n) is 5.63. The van der Waals surface area contributed by atoms with E-state index in [-0.39, 0.29) is 22.9 Å². The predicted octanol–water partition coefficient (Wildman–Crippen LogP) is 7.54. The number of pyridine rings is 1. The van der Waals surface area contributed by atoms with E-state index in [0.29, 0.717) is 22.2 Å². The van der Waals surface area contributed by atoms with Gasteiger partial charge in [0.1, 0.15) is 11.5 Å². The summed E-state index contributed by atoms with van der Waals surface area (Å²) >= 11 is 6.07. The normalized spacial score (nSPS) is 23.9. The van der Waals surface area contributed by atoms with Crippen molar-refractivity contribution in [1.82, 2.24) is 4.98 Å². The van der Waals surface area contributed by atoms with E-state index < -0.39 is 5.41 Å². The summed E-state index contributed by atoms with van der Waals surface area (Å²) in [6.45, 7) is 8.36. The van der Waals surface area contributed by atoms with Crippen molar-refractivity contribution in [1.29, 1.82) is 0 Å². The van der Waals surface area contributed by atoms with Crippen LogP contribution in [0.15, 0.2) is 54.3 Å². The standard InChI is InChI=1S/C28H28ClNO3/c1-5-16-6-9-19(33-23-11-7-17-14-18(29)8-10-22(17)30-23)15-20(16)24-25(31)21-12-13-28(4,26(24)32)27(21,2)3/h6-11,14-15,21,32H,5,12-13H2,1-4H3/t21-,28+/m0/s1. The molecule has 3 aromatic rings. The third-order valence-electron chi connectivity index (χ3n) is 8.13. The van der Waals surface area contributed by atoms with Crippen molar-refractivity contribution >= 4 is 33.9 Å². The van der Waals surface area contributed by atoms with Crippen LogP contribution in [0.5, 0.6) is 11.6 Å². The molecule has 1 fully saturated rings. The number of aromatic nitrogens is 1. The maximum absolute atomic E-state index is 13.6. The quantitative estimate of drug-likeness (QED) is 0.436. The molecular weight excluding hydrogens is 434 g/mol. The maximum Gasteiger partial charge on any atom is 0.219 e. The van der Waals surface area contributed by atoms with Gasteiger partial charge in [0.05, 0.1) is 11.1 Å². The second-order valence-corrected chi connectivity index (χ2v) is 10.4. The molecule has 1 saturated carbocycles. The summed E-state index contributed by atoms with van der Waals surface area (Å²) in [4.78, 5) is 18.2. The molecule has 0 spiro atoms. The Kier molecular flexibility index (Phi) is 5.06. The van der Waals surface area contributed by atoms with Crippen LogP contribution < -0.4 is 4.74 Å². The van der Waals surface area contributed by atoms with Gasteiger partial charge in [-0.15, -0.1) is 0 Å². The molecule has 1 N–H and O–H groups in total. The van der Waals surface area contributed by atoms with Gasteiger partial charge in [0, 0.05) is 27.8 Å². The molecule has 4 nitrogen and oxygen atoms in total. The summed E-state index contributed by atoms with van der Waals surface area (Å²) < 4.78 is 6.09. The number of hydrogen-bond donors (Lipinski definition) is 1. The number of fused-ring (bicyclic) bond motifs is 3. The van der Waals surface area contributed by atoms with Crippen molar-refractivity contribution in [2.45, 2.75) is 47.0 Å². The van der Waals surface area contributed by atoms with Gasteiger partial charge in [0.25, 0.3) is 0 Å². The first-order valence-corrected chi connectivity index (χ1v) is 11.9. The van der Waals surface area contributed by atoms with E-state index in [9.17, 15) is 9.90 Å². The van der Waals surface area contributed by atoms with Crippen molar-refractivity contribution in [3.05, 3.63) is 70.4 Å². The number of hydrogen-bond acceptors (Lipinski definition) is 4. The van der Waals surface area contributed by atoms with Gasteiger partial charge in [0.2, 0.25) is 5.88 Å². The smallest absolute Gasteiger partial charge is 0.219 e. The molecule has 33 heavy (non-hydrogen) atoms. The lowest BCUT2D eigenvalue weighted by molar-refractivity contribution is -0.122. The van der Waals surface area contributed by atoms with Crippen LogP contribution >= 0.6 is 11.6 Å². The molecule has 1 heterocycles. The van der Waals surface area contributed by atoms with Gasteiger partial charge in [-0.25, -0.2) is 4.98 Å². The van der Waals surface area contributed by atoms with E-state index >= 15 is 0 Å². The second-order valence-electron chi connectivity index (χ2n) is 9.99. The van der Waals surface area contributed by atoms with Gasteiger partial charge >= 0.3 is 0 Å². The SMILES string of the molecule is CCc1ccc(Oc2ccc3cc(Cl)ccc3n2)cc1C1=C(O)[C@@]2(C)CC[C@@H](C1=O)C2(C)C. The van der Waals surface area contributed by atoms with Gasteiger partial charge in [0.15, 0.2) is 5.78 Å². The Balaban J connectivity index is 1.57. The third kappa shape index (κ3) is 3.26. The van der Waals surface area contributed by atoms with E-state index in [1.54, 1.807) is 12.1 Å². The molecule has 0 radical (unpaired) electrons. The highest BCUT2D eigenvalue weighted by Gasteiger charge is 2.61. The number of carbonyl (C=O) groups excluding carboxylic acids is 1. The average molecular weight is 462 g/mol. The molecule has 2 atom stereocenters. The fraction of sp³-hybridized carbons (Fsp3) is 0.357. The third-order valence-corrected chi connectivity index (χ3v) is 8.36. The number of allylic oxidation sites excluding steroid dienone is 2. The molecule has 2 aliphatic carbocycles. The van der Waals surface area contributed by atoms with Gasteiger partial charge in [-0.1, -0.05) is 45.4 Å². The first-order valence-electron chi connectivity index (χ1n) is 11.5. The van der Waals surface area contributed by atoms with Gasteiger partial charge < -0.3 is 9.84 Å². The number of aliphatic hydroxyl groups excluding tert-OH is 1. The summed E-state index contributed by atoms with van der Waals surface area (Å²) in [6, 6.07) is 15.0. The van der Waals surface area contributed by atoms with Crippen LogP contribution in [0.1, 0.15) is 51.7 Å². The largest absolute Gasteiger partial charge is 0.511 e. The van der Waals surface area contributed by atoms with E-state index in [2.05, 4.69) is 32.7 Å². The Morgan fingerprint density at radius 3 is 2.67 bits per heavy atom. The van der Waals surface area contributed by atoms with E-state index in [1.165, 1.54) is 0 Å². The zero-order valence-electron chi connectivity index (χ0n) is 19.4. The number of ketones is 1. The number of benzene rings is 2. The minimum atomic E-state index is -0.413. The Hall–Kier alpha value is -2.85. The lowest BCUT2D eigenvalue weighted by atomic mass is 9.58. The number of Topliss-reactive ketones (excluding diaryl/α,β-unsaturated/α-hetero) is 1. The van der Waals surface area contributed by atoms with Crippen molar-refractivity contribution in [2.24, 2.45) is 16.7 Å². The van der Waals surface area contributed by atoms with Crippen LogP contribution in [-0.4, -0.2) is 15.9 Å². The number of halogens is 1. The zero-order chi connectivity index (χ0) is 23.5. The number of aliphatic hydroxyl groups is 1. The molecule has 0 amide bonds. The number of aryl methyl sites for hydroxylation is 1. The molecule has 2 aliphatic rings. The van der Waals surface area contributed by atoms with Crippen molar-refractivity contribution in [2.75, 3.05) is 0 Å². The van der Waals surface area contributed by atoms with E-state index in [0.717, 1.165) is 41.3 Å². The minimum Gasteiger partial charge on any atom is -0.511 e. The summed E-state index contributed by atoms with van der Waals surface area (Å²) in [5, 5.41) is 13.0. The molecule has 0 aliphatic heterocycles. The first-order chi connectivity index (χ1) is 15.7. The Morgan fingerprint density at radius 1 is 1.12 bits per heavy atom. The zero-order valence-corrected chi connectivity index (χ0v) is 20.2. The average Bonchev–Trinajstić information content (AvgIpc) is 2.97. The Bertz CT molecular complexity index is 1330. The molecule has 1 aromatic heterocycles. The lowest BCUT2D eigenvalue weighted by Gasteiger charge is -2.45. The fourth-order valence-corrected chi connectivity index (χ4v) is 5.81. The number of carbonyl (C=O) groups is 1. The summed E-state index contributed by atoms with van der Waals surface area (Å²) in [6.07, 6.45) is 2.37. The van der Waals surface area contributed by atoms with Crippen LogP contribution in [0, 0.1) is 16.7 Å². The van der Waals surface area contributed by atoms with Crippen molar-refractivity contribution < 1.29 is 14.6 Å². The van der Waals surface area contributed by atoms with Gasteiger partial charge in [-0.3, -0.25) is 4.79 Å². The summed E-state index contributed by atoms with van der Waals surface area (Å²) in [7, 11) is 0. The van der Waals surface area contributed by atoms with Crippen molar-refractivity contribution in [3.8, 4) is 11.6 Å². The second kappa shape index (κ2) is 7.59. The molecule has 5 rings (SSSR count). The Labute approximate surface area is 199 Å². The van der Waals surface area contributed by atoms with Crippen LogP contribution in [0.3, 0.4) is 0 Å². The van der Waals surface area contributed by atoms with Crippen molar-refractivity contribution in [3.63, 3.8) is 0 Å². The van der Waals surface area contributed by atoms with Crippen LogP contribution in [0.2, 0.25) is 5.02 Å². The van der Waals surface area contributed by atoms with E-state index in [4.69, 9.17) is 16.3 Å². The summed E-state index contributed by atoms with van der Waals surface area (Å²) in [5.74, 6) is 1.22. The highest BCUT2D eigenvalue weighted by molar-refractivity contribution is 6.31. The Morgan fingerprint density at radius 2 is 1.91 bits per heavy atom. The number of nitrogens with zero attached hydrogens (tertiary/aromatic N) is 1. The highest BCUT2D eigenvalue weighted by atomic mass is 35.5. The van der Waals surface area contributed by atoms with Crippen LogP contribution in [0.25, 0.3) is 16.5 Å². The van der Waals surface area contributed by atoms with Crippen LogP contribution in [-0.2, 0) is 11.2 Å². The number of rotatable bonds is 4. The number of ether oxygens (including phenoxy) is 1. The first kappa shape index (κ1) is 22.0. The molecule has 0 saturated heterocycles. The lowest BCUT2D eigenvalue weighted by Crippen LogP contribution is -2.43. The summed E-state index contributed by atoms with van der Waals surface area (Å²) in [5.41, 5.74) is 2.35. The molecule has 170 valence electrons. The van der Waals surface area contributed by atoms with Gasteiger partial charge in [-0.2, -0.15) is 0 Å². The maximum atomic E-state index is 13.6. The van der Waals surface area contributed by atoms with Gasteiger partial charge in [-0.05, 0) is 72.2 Å². The molecular formula is C28H28ClNO3.